The number of aromatic nitrogens is 2. The molecule has 1 aliphatic rings. The molecule has 4 rings (SSSR count). The zero-order chi connectivity index (χ0) is 29.5. The normalized spacial score (nSPS) is 15.1. The van der Waals surface area contributed by atoms with E-state index in [1.807, 2.05) is 24.3 Å². The largest absolute Gasteiger partial charge is 0.506 e. The summed E-state index contributed by atoms with van der Waals surface area (Å²) in [6, 6.07) is 10.8. The Labute approximate surface area is 223 Å². The van der Waals surface area contributed by atoms with E-state index in [2.05, 4.69) is 14.9 Å². The van der Waals surface area contributed by atoms with Crippen LogP contribution in [-0.4, -0.2) is 94.2 Å². The molecule has 0 amide bonds. The van der Waals surface area contributed by atoms with Crippen molar-refractivity contribution in [3.8, 4) is 16.9 Å². The molecule has 0 bridgehead atoms. The molecule has 1 saturated heterocycles. The lowest BCUT2D eigenvalue weighted by Gasteiger charge is -2.34. The summed E-state index contributed by atoms with van der Waals surface area (Å²) in [5.41, 5.74) is 2.32. The summed E-state index contributed by atoms with van der Waals surface area (Å²) in [6.45, 7) is 2.49. The molecular formula is C25H26F6N4O5. The van der Waals surface area contributed by atoms with Gasteiger partial charge in [-0.2, -0.15) is 26.3 Å². The number of benzene rings is 2. The SMILES string of the molecule is O=C(O)C(F)(F)F.O=c1[nH]cnc2c(O)cc(-c3ccccc3COCCN3CCN(CC(F)(F)F)CC3)cc12. The Morgan fingerprint density at radius 2 is 1.65 bits per heavy atom. The first kappa shape index (κ1) is 30.8. The molecule has 1 fully saturated rings. The Kier molecular flexibility index (Phi) is 10.1. The van der Waals surface area contributed by atoms with E-state index < -0.39 is 24.9 Å². The number of nitrogens with zero attached hydrogens (tertiary/aromatic N) is 3. The van der Waals surface area contributed by atoms with Gasteiger partial charge in [0.25, 0.3) is 5.56 Å². The molecule has 0 spiro atoms. The van der Waals surface area contributed by atoms with Gasteiger partial charge in [0.2, 0.25) is 0 Å². The van der Waals surface area contributed by atoms with Crippen LogP contribution in [-0.2, 0) is 16.1 Å². The van der Waals surface area contributed by atoms with Crippen molar-refractivity contribution in [3.63, 3.8) is 0 Å². The predicted octanol–water partition coefficient (Wildman–Crippen LogP) is 3.63. The number of hydrogen-bond donors (Lipinski definition) is 3. The summed E-state index contributed by atoms with van der Waals surface area (Å²) in [4.78, 5) is 31.1. The minimum absolute atomic E-state index is 0.0750. The van der Waals surface area contributed by atoms with Crippen molar-refractivity contribution in [2.45, 2.75) is 19.0 Å². The van der Waals surface area contributed by atoms with Crippen LogP contribution in [0.3, 0.4) is 0 Å². The van der Waals surface area contributed by atoms with Crippen LogP contribution in [0.1, 0.15) is 5.56 Å². The minimum atomic E-state index is -5.08. The summed E-state index contributed by atoms with van der Waals surface area (Å²) < 4.78 is 75.1. The van der Waals surface area contributed by atoms with Crippen molar-refractivity contribution in [1.82, 2.24) is 19.8 Å². The number of phenols is 1. The van der Waals surface area contributed by atoms with Crippen molar-refractivity contribution < 1.29 is 46.1 Å². The Balaban J connectivity index is 0.000000559. The molecule has 15 heteroatoms. The van der Waals surface area contributed by atoms with E-state index in [0.717, 1.165) is 11.1 Å². The highest BCUT2D eigenvalue weighted by atomic mass is 19.4. The van der Waals surface area contributed by atoms with Crippen molar-refractivity contribution in [2.24, 2.45) is 0 Å². The van der Waals surface area contributed by atoms with Gasteiger partial charge >= 0.3 is 18.3 Å². The molecule has 0 atom stereocenters. The van der Waals surface area contributed by atoms with Crippen LogP contribution in [0.4, 0.5) is 26.3 Å². The number of carbonyl (C=O) groups is 1. The van der Waals surface area contributed by atoms with Gasteiger partial charge in [-0.05, 0) is 28.8 Å². The van der Waals surface area contributed by atoms with Crippen molar-refractivity contribution >= 4 is 16.9 Å². The zero-order valence-electron chi connectivity index (χ0n) is 20.9. The highest BCUT2D eigenvalue weighted by molar-refractivity contribution is 5.89. The van der Waals surface area contributed by atoms with Crippen molar-refractivity contribution in [2.75, 3.05) is 45.9 Å². The average molecular weight is 576 g/mol. The monoisotopic (exact) mass is 576 g/mol. The highest BCUT2D eigenvalue weighted by Gasteiger charge is 2.38. The molecule has 2 heterocycles. The summed E-state index contributed by atoms with van der Waals surface area (Å²) in [6.07, 6.45) is -7.99. The molecule has 0 aliphatic carbocycles. The van der Waals surface area contributed by atoms with Gasteiger partial charge in [0.1, 0.15) is 11.3 Å². The lowest BCUT2D eigenvalue weighted by Crippen LogP contribution is -2.49. The van der Waals surface area contributed by atoms with E-state index in [-0.39, 0.29) is 16.8 Å². The Morgan fingerprint density at radius 3 is 2.27 bits per heavy atom. The maximum atomic E-state index is 12.5. The maximum absolute atomic E-state index is 12.5. The van der Waals surface area contributed by atoms with Crippen LogP contribution in [0.25, 0.3) is 22.0 Å². The Hall–Kier alpha value is -3.69. The average Bonchev–Trinajstić information content (AvgIpc) is 2.87. The lowest BCUT2D eigenvalue weighted by molar-refractivity contribution is -0.192. The number of alkyl halides is 6. The summed E-state index contributed by atoms with van der Waals surface area (Å²) in [5.74, 6) is -2.83. The third-order valence-corrected chi connectivity index (χ3v) is 5.97. The van der Waals surface area contributed by atoms with Crippen LogP contribution in [0.5, 0.6) is 5.75 Å². The molecule has 1 aromatic heterocycles. The number of halogens is 6. The van der Waals surface area contributed by atoms with E-state index in [4.69, 9.17) is 14.6 Å². The van der Waals surface area contributed by atoms with Crippen LogP contribution in [0, 0.1) is 0 Å². The third kappa shape index (κ3) is 8.93. The number of carboxylic acids is 1. The number of H-pyrrole nitrogens is 1. The second kappa shape index (κ2) is 13.1. The molecule has 9 nitrogen and oxygen atoms in total. The topological polar surface area (TPSA) is 119 Å². The first-order chi connectivity index (χ1) is 18.7. The van der Waals surface area contributed by atoms with E-state index >= 15 is 0 Å². The van der Waals surface area contributed by atoms with Crippen molar-refractivity contribution in [3.05, 3.63) is 58.6 Å². The molecule has 218 valence electrons. The second-order valence-electron chi connectivity index (χ2n) is 8.87. The van der Waals surface area contributed by atoms with Crippen LogP contribution < -0.4 is 5.56 Å². The first-order valence-electron chi connectivity index (χ1n) is 11.9. The molecule has 1 aliphatic heterocycles. The fourth-order valence-corrected chi connectivity index (χ4v) is 4.04. The molecule has 0 unspecified atom stereocenters. The Bertz CT molecular complexity index is 1350. The minimum Gasteiger partial charge on any atom is -0.506 e. The van der Waals surface area contributed by atoms with Crippen LogP contribution >= 0.6 is 0 Å². The lowest BCUT2D eigenvalue weighted by atomic mass is 9.98. The van der Waals surface area contributed by atoms with E-state index in [1.165, 1.54) is 11.2 Å². The predicted molar refractivity (Wildman–Crippen MR) is 132 cm³/mol. The third-order valence-electron chi connectivity index (χ3n) is 5.97. The first-order valence-corrected chi connectivity index (χ1v) is 11.9. The van der Waals surface area contributed by atoms with E-state index in [0.29, 0.717) is 56.9 Å². The van der Waals surface area contributed by atoms with Gasteiger partial charge in [-0.25, -0.2) is 9.78 Å². The van der Waals surface area contributed by atoms with Gasteiger partial charge in [0.05, 0.1) is 31.5 Å². The number of fused-ring (bicyclic) bond motifs is 1. The molecule has 0 radical (unpaired) electrons. The fourth-order valence-electron chi connectivity index (χ4n) is 4.04. The van der Waals surface area contributed by atoms with Gasteiger partial charge in [0.15, 0.2) is 0 Å². The molecule has 40 heavy (non-hydrogen) atoms. The van der Waals surface area contributed by atoms with Gasteiger partial charge < -0.3 is 19.9 Å². The van der Waals surface area contributed by atoms with E-state index in [1.54, 1.807) is 12.1 Å². The maximum Gasteiger partial charge on any atom is 0.490 e. The van der Waals surface area contributed by atoms with Gasteiger partial charge in [-0.1, -0.05) is 24.3 Å². The van der Waals surface area contributed by atoms with Gasteiger partial charge in [-0.3, -0.25) is 14.6 Å². The van der Waals surface area contributed by atoms with Gasteiger partial charge in [-0.15, -0.1) is 0 Å². The smallest absolute Gasteiger partial charge is 0.490 e. The molecule has 3 N–H and O–H groups in total. The Morgan fingerprint density at radius 1 is 1.02 bits per heavy atom. The van der Waals surface area contributed by atoms with Crippen molar-refractivity contribution in [1.29, 1.82) is 0 Å². The number of aliphatic carboxylic acids is 1. The van der Waals surface area contributed by atoms with Crippen LogP contribution in [0.15, 0.2) is 47.5 Å². The highest BCUT2D eigenvalue weighted by Crippen LogP contribution is 2.31. The summed E-state index contributed by atoms with van der Waals surface area (Å²) >= 11 is 0. The number of hydrogen-bond acceptors (Lipinski definition) is 7. The number of carboxylic acid groups (broad SMARTS) is 1. The number of nitrogens with one attached hydrogen (secondary N) is 1. The molecule has 0 saturated carbocycles. The second-order valence-corrected chi connectivity index (χ2v) is 8.87. The standard InChI is InChI=1S/C23H25F3N4O3.C2HF3O2/c24-23(25,26)14-30-7-5-29(6-8-30)9-10-33-13-16-3-1-2-4-18(16)17-11-19-21(20(31)12-17)27-15-28-22(19)32;3-2(4,5)1(6)7/h1-4,11-12,15,31H,5-10,13-14H2,(H,27,28,32);(H,6,7). The van der Waals surface area contributed by atoms with Gasteiger partial charge in [0, 0.05) is 32.7 Å². The summed E-state index contributed by atoms with van der Waals surface area (Å²) in [5, 5.41) is 17.8. The quantitative estimate of drug-likeness (QED) is 0.288. The number of ether oxygens (including phenoxy) is 1. The number of piperazine rings is 1. The number of aromatic amines is 1. The molecule has 2 aromatic carbocycles. The number of phenolic OH excluding ortho intramolecular Hbond substituents is 1. The molecule has 3 aromatic rings. The summed E-state index contributed by atoms with van der Waals surface area (Å²) in [7, 11) is 0. The number of aromatic hydroxyl groups is 1. The zero-order valence-corrected chi connectivity index (χ0v) is 20.9. The molecular weight excluding hydrogens is 550 g/mol. The fraction of sp³-hybridized carbons (Fsp3) is 0.400. The number of rotatable bonds is 7. The van der Waals surface area contributed by atoms with E-state index in [9.17, 15) is 36.2 Å². The van der Waals surface area contributed by atoms with Crippen LogP contribution in [0.2, 0.25) is 0 Å².